The van der Waals surface area contributed by atoms with Crippen molar-refractivity contribution >= 4 is 28.4 Å². The molecule has 1 aliphatic rings. The Labute approximate surface area is 157 Å². The average molecular weight is 371 g/mol. The lowest BCUT2D eigenvalue weighted by Gasteiger charge is -2.23. The maximum atomic E-state index is 12.4. The van der Waals surface area contributed by atoms with Gasteiger partial charge in [0.05, 0.1) is 24.8 Å². The normalized spacial score (nSPS) is 21.3. The molecule has 0 spiro atoms. The number of fused-ring (bicyclic) bond motifs is 1. The molecule has 0 fully saturated rings. The van der Waals surface area contributed by atoms with E-state index in [1.807, 2.05) is 32.2 Å². The number of benzene rings is 1. The molecule has 3 atom stereocenters. The van der Waals surface area contributed by atoms with Crippen molar-refractivity contribution in [2.45, 2.75) is 26.4 Å². The first-order valence-corrected chi connectivity index (χ1v) is 9.07. The molecule has 3 N–H and O–H groups in total. The van der Waals surface area contributed by atoms with E-state index in [0.29, 0.717) is 12.3 Å². The molecule has 2 heterocycles. The number of aryl methyl sites for hydroxylation is 1. The Kier molecular flexibility index (Phi) is 5.43. The van der Waals surface area contributed by atoms with Crippen molar-refractivity contribution in [3.63, 3.8) is 0 Å². The standard InChI is InChI=1S/C20H25N3O4/c1-11(10-24)21-8-15-7-14-6-13(4-5-17(14)23(15)3)18-12(2)19(25)16(9-22-18)20(26)27/h4-7,11-12,16,21,24H,8-10H2,1-3H3,(H,26,27). The average Bonchev–Trinajstić information content (AvgIpc) is 2.96. The van der Waals surface area contributed by atoms with E-state index in [4.69, 9.17) is 10.2 Å². The van der Waals surface area contributed by atoms with Crippen molar-refractivity contribution in [2.75, 3.05) is 13.2 Å². The third kappa shape index (κ3) is 3.65. The van der Waals surface area contributed by atoms with Gasteiger partial charge in [0.25, 0.3) is 0 Å². The highest BCUT2D eigenvalue weighted by atomic mass is 16.4. The number of nitrogens with one attached hydrogen (secondary N) is 1. The van der Waals surface area contributed by atoms with Crippen LogP contribution >= 0.6 is 0 Å². The van der Waals surface area contributed by atoms with Crippen molar-refractivity contribution in [3.05, 3.63) is 35.5 Å². The number of hydrogen-bond acceptors (Lipinski definition) is 5. The molecule has 7 nitrogen and oxygen atoms in total. The van der Waals surface area contributed by atoms with Crippen molar-refractivity contribution in [2.24, 2.45) is 23.9 Å². The van der Waals surface area contributed by atoms with E-state index >= 15 is 0 Å². The molecule has 0 saturated heterocycles. The van der Waals surface area contributed by atoms with Crippen molar-refractivity contribution in [1.82, 2.24) is 9.88 Å². The maximum Gasteiger partial charge on any atom is 0.315 e. The number of rotatable bonds is 6. The summed E-state index contributed by atoms with van der Waals surface area (Å²) >= 11 is 0. The topological polar surface area (TPSA) is 104 Å². The summed E-state index contributed by atoms with van der Waals surface area (Å²) in [5.41, 5.74) is 3.65. The molecule has 27 heavy (non-hydrogen) atoms. The van der Waals surface area contributed by atoms with Crippen LogP contribution in [-0.2, 0) is 23.2 Å². The molecule has 3 rings (SSSR count). The first-order valence-electron chi connectivity index (χ1n) is 9.07. The van der Waals surface area contributed by atoms with Gasteiger partial charge in [-0.2, -0.15) is 0 Å². The van der Waals surface area contributed by atoms with Gasteiger partial charge in [0, 0.05) is 36.2 Å². The number of nitrogens with zero attached hydrogens (tertiary/aromatic N) is 2. The number of carbonyl (C=O) groups excluding carboxylic acids is 1. The van der Waals surface area contributed by atoms with Crippen molar-refractivity contribution < 1.29 is 19.8 Å². The predicted molar refractivity (Wildman–Crippen MR) is 103 cm³/mol. The van der Waals surface area contributed by atoms with Gasteiger partial charge in [0.2, 0.25) is 0 Å². The molecule has 0 amide bonds. The Bertz CT molecular complexity index is 915. The quantitative estimate of drug-likeness (QED) is 0.665. The van der Waals surface area contributed by atoms with Crippen LogP contribution in [0.25, 0.3) is 10.9 Å². The highest BCUT2D eigenvalue weighted by Gasteiger charge is 2.36. The summed E-state index contributed by atoms with van der Waals surface area (Å²) in [5, 5.41) is 22.6. The van der Waals surface area contributed by atoms with Crippen LogP contribution in [0, 0.1) is 11.8 Å². The zero-order chi connectivity index (χ0) is 19.7. The van der Waals surface area contributed by atoms with E-state index in [2.05, 4.69) is 20.9 Å². The molecule has 7 heteroatoms. The van der Waals surface area contributed by atoms with E-state index in [-0.39, 0.29) is 25.0 Å². The van der Waals surface area contributed by atoms with E-state index < -0.39 is 17.8 Å². The minimum Gasteiger partial charge on any atom is -0.481 e. The van der Waals surface area contributed by atoms with Gasteiger partial charge in [-0.15, -0.1) is 0 Å². The van der Waals surface area contributed by atoms with Gasteiger partial charge in [-0.3, -0.25) is 14.6 Å². The Hall–Kier alpha value is -2.51. The fourth-order valence-corrected chi connectivity index (χ4v) is 3.47. The summed E-state index contributed by atoms with van der Waals surface area (Å²) in [6, 6.07) is 8.01. The van der Waals surface area contributed by atoms with Crippen LogP contribution in [0.5, 0.6) is 0 Å². The van der Waals surface area contributed by atoms with E-state index in [9.17, 15) is 9.59 Å². The SMILES string of the molecule is CC(CO)NCc1cc2cc(C3=NCC(C(=O)O)C(=O)C3C)ccc2n1C. The Morgan fingerprint density at radius 2 is 2.15 bits per heavy atom. The molecule has 3 unspecified atom stereocenters. The lowest BCUT2D eigenvalue weighted by atomic mass is 9.84. The monoisotopic (exact) mass is 371 g/mol. The third-order valence-corrected chi connectivity index (χ3v) is 5.27. The van der Waals surface area contributed by atoms with Crippen LogP contribution in [0.3, 0.4) is 0 Å². The van der Waals surface area contributed by atoms with Crippen molar-refractivity contribution in [1.29, 1.82) is 0 Å². The fraction of sp³-hybridized carbons (Fsp3) is 0.450. The molecular formula is C20H25N3O4. The number of ketones is 1. The zero-order valence-electron chi connectivity index (χ0n) is 15.8. The van der Waals surface area contributed by atoms with Gasteiger partial charge in [-0.25, -0.2) is 0 Å². The number of aliphatic hydroxyl groups is 1. The van der Waals surface area contributed by atoms with Gasteiger partial charge in [-0.05, 0) is 37.6 Å². The fourth-order valence-electron chi connectivity index (χ4n) is 3.47. The molecule has 2 aromatic rings. The Morgan fingerprint density at radius 1 is 1.41 bits per heavy atom. The van der Waals surface area contributed by atoms with Gasteiger partial charge < -0.3 is 20.1 Å². The maximum absolute atomic E-state index is 12.4. The number of Topliss-reactive ketones (excluding diaryl/α,β-unsaturated/α-hetero) is 1. The molecule has 0 bridgehead atoms. The summed E-state index contributed by atoms with van der Waals surface area (Å²) in [6.45, 7) is 4.35. The molecule has 1 aliphatic heterocycles. The third-order valence-electron chi connectivity index (χ3n) is 5.27. The lowest BCUT2D eigenvalue weighted by molar-refractivity contribution is -0.146. The highest BCUT2D eigenvalue weighted by Crippen LogP contribution is 2.25. The van der Waals surface area contributed by atoms with Gasteiger partial charge in [-0.1, -0.05) is 6.07 Å². The number of aromatic nitrogens is 1. The largest absolute Gasteiger partial charge is 0.481 e. The minimum absolute atomic E-state index is 0.00507. The molecule has 0 saturated carbocycles. The van der Waals surface area contributed by atoms with E-state index in [1.54, 1.807) is 6.92 Å². The predicted octanol–water partition coefficient (Wildman–Crippen LogP) is 1.36. The zero-order valence-corrected chi connectivity index (χ0v) is 15.8. The molecule has 0 aliphatic carbocycles. The summed E-state index contributed by atoms with van der Waals surface area (Å²) < 4.78 is 2.09. The van der Waals surface area contributed by atoms with Crippen LogP contribution in [0.2, 0.25) is 0 Å². The minimum atomic E-state index is -1.11. The Morgan fingerprint density at radius 3 is 2.81 bits per heavy atom. The molecule has 1 aromatic heterocycles. The van der Waals surface area contributed by atoms with E-state index in [1.165, 1.54) is 0 Å². The van der Waals surface area contributed by atoms with Crippen molar-refractivity contribution in [3.8, 4) is 0 Å². The summed E-state index contributed by atoms with van der Waals surface area (Å²) in [6.07, 6.45) is 0. The smallest absolute Gasteiger partial charge is 0.315 e. The lowest BCUT2D eigenvalue weighted by Crippen LogP contribution is -2.39. The summed E-state index contributed by atoms with van der Waals surface area (Å²) in [5.74, 6) is -2.98. The second-order valence-corrected chi connectivity index (χ2v) is 7.17. The number of carboxylic acids is 1. The van der Waals surface area contributed by atoms with Crippen LogP contribution in [0.4, 0.5) is 0 Å². The molecule has 0 radical (unpaired) electrons. The van der Waals surface area contributed by atoms with Gasteiger partial charge in [0.1, 0.15) is 5.92 Å². The van der Waals surface area contributed by atoms with E-state index in [0.717, 1.165) is 22.2 Å². The number of carbonyl (C=O) groups is 2. The number of carboxylic acid groups (broad SMARTS) is 1. The second kappa shape index (κ2) is 7.62. The number of aliphatic hydroxyl groups excluding tert-OH is 1. The van der Waals surface area contributed by atoms with Crippen LogP contribution < -0.4 is 5.32 Å². The van der Waals surface area contributed by atoms with Crippen LogP contribution in [-0.4, -0.2) is 51.4 Å². The van der Waals surface area contributed by atoms with Gasteiger partial charge >= 0.3 is 5.97 Å². The first-order chi connectivity index (χ1) is 12.8. The number of aliphatic imine (C=N–C) groups is 1. The number of aliphatic carboxylic acids is 1. The summed E-state index contributed by atoms with van der Waals surface area (Å²) in [4.78, 5) is 27.9. The number of hydrogen-bond donors (Lipinski definition) is 3. The van der Waals surface area contributed by atoms with Crippen LogP contribution in [0.15, 0.2) is 29.3 Å². The van der Waals surface area contributed by atoms with Crippen LogP contribution in [0.1, 0.15) is 25.1 Å². The first kappa shape index (κ1) is 19.3. The summed E-state index contributed by atoms with van der Waals surface area (Å²) in [7, 11) is 1.99. The molecular weight excluding hydrogens is 346 g/mol. The second-order valence-electron chi connectivity index (χ2n) is 7.17. The van der Waals surface area contributed by atoms with Gasteiger partial charge in [0.15, 0.2) is 5.78 Å². The highest BCUT2D eigenvalue weighted by molar-refractivity contribution is 6.19. The Balaban J connectivity index is 1.91. The molecule has 1 aromatic carbocycles. The molecule has 144 valence electrons.